The Kier molecular flexibility index (Phi) is 2.58. The molecule has 0 fully saturated rings. The van der Waals surface area contributed by atoms with Gasteiger partial charge in [-0.1, -0.05) is 12.1 Å². The average molecular weight is 216 g/mol. The molecule has 0 bridgehead atoms. The molecular formula is C14H16O2. The van der Waals surface area contributed by atoms with Gasteiger partial charge in [0.2, 0.25) is 0 Å². The summed E-state index contributed by atoms with van der Waals surface area (Å²) in [6, 6.07) is 5.91. The molecule has 16 heavy (non-hydrogen) atoms. The topological polar surface area (TPSA) is 26.3 Å². The van der Waals surface area contributed by atoms with Gasteiger partial charge in [-0.05, 0) is 44.5 Å². The van der Waals surface area contributed by atoms with Crippen LogP contribution in [0.1, 0.15) is 31.9 Å². The molecule has 0 saturated heterocycles. The molecule has 1 aromatic rings. The third-order valence-electron chi connectivity index (χ3n) is 2.56. The van der Waals surface area contributed by atoms with E-state index in [2.05, 4.69) is 6.08 Å². The summed E-state index contributed by atoms with van der Waals surface area (Å²) in [5.74, 6) is 1.07. The van der Waals surface area contributed by atoms with Crippen LogP contribution in [-0.2, 0) is 11.2 Å². The van der Waals surface area contributed by atoms with Crippen molar-refractivity contribution in [3.63, 3.8) is 0 Å². The zero-order chi connectivity index (χ0) is 11.8. The largest absolute Gasteiger partial charge is 0.483 e. The minimum Gasteiger partial charge on any atom is -0.483 e. The molecule has 0 atom stereocenters. The third kappa shape index (κ3) is 2.32. The lowest BCUT2D eigenvalue weighted by Crippen LogP contribution is -2.27. The highest BCUT2D eigenvalue weighted by atomic mass is 16.5. The fourth-order valence-electron chi connectivity index (χ4n) is 1.83. The first-order valence-corrected chi connectivity index (χ1v) is 5.47. The lowest BCUT2D eigenvalue weighted by Gasteiger charge is -2.28. The normalized spacial score (nSPS) is 16.4. The Morgan fingerprint density at radius 3 is 2.81 bits per heavy atom. The first-order chi connectivity index (χ1) is 7.46. The maximum Gasteiger partial charge on any atom is 0.134 e. The van der Waals surface area contributed by atoms with Gasteiger partial charge in [-0.3, -0.25) is 4.79 Å². The molecule has 0 spiro atoms. The zero-order valence-electron chi connectivity index (χ0n) is 9.91. The molecule has 0 radical (unpaired) electrons. The van der Waals surface area contributed by atoms with Gasteiger partial charge in [0.1, 0.15) is 17.1 Å². The first-order valence-electron chi connectivity index (χ1n) is 5.47. The van der Waals surface area contributed by atoms with Crippen molar-refractivity contribution in [1.29, 1.82) is 0 Å². The lowest BCUT2D eigenvalue weighted by molar-refractivity contribution is -0.116. The highest BCUT2D eigenvalue weighted by molar-refractivity contribution is 5.78. The molecule has 84 valence electrons. The van der Waals surface area contributed by atoms with E-state index in [4.69, 9.17) is 4.74 Å². The van der Waals surface area contributed by atoms with E-state index >= 15 is 0 Å². The number of benzene rings is 1. The van der Waals surface area contributed by atoms with Crippen molar-refractivity contribution in [1.82, 2.24) is 0 Å². The number of fused-ring (bicyclic) bond motifs is 1. The van der Waals surface area contributed by atoms with Crippen LogP contribution in [0, 0.1) is 0 Å². The Hall–Kier alpha value is -1.57. The van der Waals surface area contributed by atoms with Gasteiger partial charge >= 0.3 is 0 Å². The molecule has 0 amide bonds. The van der Waals surface area contributed by atoms with E-state index in [1.54, 1.807) is 6.92 Å². The van der Waals surface area contributed by atoms with E-state index in [0.29, 0.717) is 6.42 Å². The number of hydrogen-bond donors (Lipinski definition) is 0. The Labute approximate surface area is 95.9 Å². The number of ketones is 1. The van der Waals surface area contributed by atoms with Crippen molar-refractivity contribution in [3.05, 3.63) is 35.4 Å². The highest BCUT2D eigenvalue weighted by Crippen LogP contribution is 2.31. The van der Waals surface area contributed by atoms with E-state index < -0.39 is 0 Å². The molecule has 0 aromatic heterocycles. The van der Waals surface area contributed by atoms with Crippen molar-refractivity contribution in [2.24, 2.45) is 0 Å². The summed E-state index contributed by atoms with van der Waals surface area (Å²) in [6.07, 6.45) is 4.58. The molecule has 1 aliphatic rings. The van der Waals surface area contributed by atoms with Crippen LogP contribution >= 0.6 is 0 Å². The smallest absolute Gasteiger partial charge is 0.134 e. The molecule has 2 rings (SSSR count). The average Bonchev–Trinajstić information content (AvgIpc) is 2.16. The van der Waals surface area contributed by atoms with Crippen molar-refractivity contribution in [3.8, 4) is 5.75 Å². The fraction of sp³-hybridized carbons (Fsp3) is 0.357. The number of ether oxygens (including phenoxy) is 1. The molecule has 0 aliphatic carbocycles. The van der Waals surface area contributed by atoms with E-state index in [1.807, 2.05) is 38.1 Å². The van der Waals surface area contributed by atoms with Crippen LogP contribution in [0.25, 0.3) is 6.08 Å². The number of Topliss-reactive ketones (excluding diaryl/α,β-unsaturated/α-hetero) is 1. The molecule has 0 N–H and O–H groups in total. The summed E-state index contributed by atoms with van der Waals surface area (Å²) >= 11 is 0. The van der Waals surface area contributed by atoms with Gasteiger partial charge in [0.25, 0.3) is 0 Å². The van der Waals surface area contributed by atoms with E-state index in [-0.39, 0.29) is 11.4 Å². The number of hydrogen-bond acceptors (Lipinski definition) is 2. The second-order valence-electron chi connectivity index (χ2n) is 4.79. The predicted molar refractivity (Wildman–Crippen MR) is 64.6 cm³/mol. The Morgan fingerprint density at radius 1 is 1.38 bits per heavy atom. The van der Waals surface area contributed by atoms with Gasteiger partial charge in [0.05, 0.1) is 0 Å². The molecule has 1 heterocycles. The van der Waals surface area contributed by atoms with Crippen LogP contribution in [0.5, 0.6) is 5.75 Å². The van der Waals surface area contributed by atoms with Crippen LogP contribution in [0.3, 0.4) is 0 Å². The standard InChI is InChI=1S/C14H16O2/c1-10(15)8-11-4-5-13-12(9-11)6-7-14(2,3)16-13/h4-7,9H,8H2,1-3H3. The summed E-state index contributed by atoms with van der Waals surface area (Å²) in [6.45, 7) is 5.65. The lowest BCUT2D eigenvalue weighted by atomic mass is 9.99. The van der Waals surface area contributed by atoms with Gasteiger partial charge < -0.3 is 4.74 Å². The molecule has 2 nitrogen and oxygen atoms in total. The maximum absolute atomic E-state index is 11.0. The van der Waals surface area contributed by atoms with Crippen molar-refractivity contribution in [2.45, 2.75) is 32.8 Å². The van der Waals surface area contributed by atoms with Crippen molar-refractivity contribution < 1.29 is 9.53 Å². The van der Waals surface area contributed by atoms with Gasteiger partial charge in [0.15, 0.2) is 0 Å². The maximum atomic E-state index is 11.0. The number of carbonyl (C=O) groups is 1. The van der Waals surface area contributed by atoms with Crippen LogP contribution in [0.15, 0.2) is 24.3 Å². The monoisotopic (exact) mass is 216 g/mol. The number of carbonyl (C=O) groups excluding carboxylic acids is 1. The van der Waals surface area contributed by atoms with Gasteiger partial charge in [-0.25, -0.2) is 0 Å². The summed E-state index contributed by atoms with van der Waals surface area (Å²) in [4.78, 5) is 11.0. The summed E-state index contributed by atoms with van der Waals surface area (Å²) in [5.41, 5.74) is 1.85. The molecule has 0 saturated carbocycles. The quantitative estimate of drug-likeness (QED) is 0.759. The van der Waals surface area contributed by atoms with Crippen LogP contribution in [-0.4, -0.2) is 11.4 Å². The van der Waals surface area contributed by atoms with Gasteiger partial charge in [-0.15, -0.1) is 0 Å². The zero-order valence-corrected chi connectivity index (χ0v) is 9.91. The summed E-state index contributed by atoms with van der Waals surface area (Å²) in [5, 5.41) is 0. The predicted octanol–water partition coefficient (Wildman–Crippen LogP) is 3.00. The molecule has 2 heteroatoms. The van der Waals surface area contributed by atoms with Gasteiger partial charge in [0, 0.05) is 12.0 Å². The molecule has 1 aromatic carbocycles. The Bertz CT molecular complexity index is 456. The van der Waals surface area contributed by atoms with E-state index in [9.17, 15) is 4.79 Å². The Morgan fingerprint density at radius 2 is 2.12 bits per heavy atom. The van der Waals surface area contributed by atoms with Gasteiger partial charge in [-0.2, -0.15) is 0 Å². The highest BCUT2D eigenvalue weighted by Gasteiger charge is 2.21. The molecule has 1 aliphatic heterocycles. The SMILES string of the molecule is CC(=O)Cc1ccc2c(c1)C=CC(C)(C)O2. The number of rotatable bonds is 2. The Balaban J connectivity index is 2.31. The minimum absolute atomic E-state index is 0.181. The van der Waals surface area contributed by atoms with Crippen LogP contribution in [0.2, 0.25) is 0 Å². The van der Waals surface area contributed by atoms with E-state index in [1.165, 1.54) is 0 Å². The third-order valence-corrected chi connectivity index (χ3v) is 2.56. The summed E-state index contributed by atoms with van der Waals surface area (Å²) < 4.78 is 5.81. The van der Waals surface area contributed by atoms with E-state index in [0.717, 1.165) is 16.9 Å². The van der Waals surface area contributed by atoms with Crippen molar-refractivity contribution >= 4 is 11.9 Å². The summed E-state index contributed by atoms with van der Waals surface area (Å²) in [7, 11) is 0. The molecular weight excluding hydrogens is 200 g/mol. The van der Waals surface area contributed by atoms with Crippen LogP contribution in [0.4, 0.5) is 0 Å². The minimum atomic E-state index is -0.241. The fourth-order valence-corrected chi connectivity index (χ4v) is 1.83. The second kappa shape index (κ2) is 3.78. The van der Waals surface area contributed by atoms with Crippen LogP contribution < -0.4 is 4.74 Å². The second-order valence-corrected chi connectivity index (χ2v) is 4.79. The first kappa shape index (κ1) is 10.9. The molecule has 0 unspecified atom stereocenters. The van der Waals surface area contributed by atoms with Crippen molar-refractivity contribution in [2.75, 3.05) is 0 Å².